The van der Waals surface area contributed by atoms with Crippen LogP contribution in [-0.4, -0.2) is 22.5 Å². The quantitative estimate of drug-likeness (QED) is 0.710. The summed E-state index contributed by atoms with van der Waals surface area (Å²) in [7, 11) is 1.49. The summed E-state index contributed by atoms with van der Waals surface area (Å²) in [5, 5.41) is 12.5. The summed E-state index contributed by atoms with van der Waals surface area (Å²) in [5.41, 5.74) is 1.92. The Morgan fingerprint density at radius 1 is 1.17 bits per heavy atom. The first kappa shape index (κ1) is 11.0. The van der Waals surface area contributed by atoms with Gasteiger partial charge in [-0.15, -0.1) is 10.2 Å². The average Bonchev–Trinajstić information content (AvgIpc) is 2.86. The fourth-order valence-corrected chi connectivity index (χ4v) is 1.95. The monoisotopic (exact) mass is 261 g/mol. The van der Waals surface area contributed by atoms with Crippen LogP contribution in [0.25, 0.3) is 22.2 Å². The third-order valence-corrected chi connectivity index (χ3v) is 2.83. The van der Waals surface area contributed by atoms with Gasteiger partial charge in [0.1, 0.15) is 5.69 Å². The normalized spacial score (nSPS) is 10.8. The molecule has 0 atom stereocenters. The maximum atomic E-state index is 6.05. The zero-order chi connectivity index (χ0) is 12.5. The topological polar surface area (TPSA) is 61.0 Å². The first-order chi connectivity index (χ1) is 8.81. The molecule has 0 N–H and O–H groups in total. The van der Waals surface area contributed by atoms with Gasteiger partial charge in [0.15, 0.2) is 5.15 Å². The highest BCUT2D eigenvalue weighted by molar-refractivity contribution is 6.35. The summed E-state index contributed by atoms with van der Waals surface area (Å²) in [5.74, 6) is 0.268. The molecule has 6 heteroatoms. The number of hydrogen-bond donors (Lipinski definition) is 0. The molecule has 0 saturated carbocycles. The highest BCUT2D eigenvalue weighted by Crippen LogP contribution is 2.35. The molecule has 0 radical (unpaired) electrons. The molecule has 0 bridgehead atoms. The summed E-state index contributed by atoms with van der Waals surface area (Å²) in [4.78, 5) is 0. The van der Waals surface area contributed by atoms with Crippen LogP contribution in [0.1, 0.15) is 0 Å². The Morgan fingerprint density at radius 3 is 2.67 bits per heavy atom. The second kappa shape index (κ2) is 4.27. The van der Waals surface area contributed by atoms with Crippen molar-refractivity contribution in [3.05, 3.63) is 35.5 Å². The third kappa shape index (κ3) is 1.60. The zero-order valence-electron chi connectivity index (χ0n) is 9.42. The van der Waals surface area contributed by atoms with E-state index in [-0.39, 0.29) is 11.0 Å². The van der Waals surface area contributed by atoms with Gasteiger partial charge in [-0.1, -0.05) is 47.1 Å². The fraction of sp³-hybridized carbons (Fsp3) is 0.0833. The van der Waals surface area contributed by atoms with E-state index in [9.17, 15) is 0 Å². The Hall–Kier alpha value is -2.14. The number of ether oxygens (including phenoxy) is 1. The average molecular weight is 262 g/mol. The van der Waals surface area contributed by atoms with E-state index in [0.717, 1.165) is 5.56 Å². The smallest absolute Gasteiger partial charge is 0.280 e. The van der Waals surface area contributed by atoms with Crippen LogP contribution in [0.4, 0.5) is 0 Å². The highest BCUT2D eigenvalue weighted by atomic mass is 35.5. The molecule has 18 heavy (non-hydrogen) atoms. The summed E-state index contributed by atoms with van der Waals surface area (Å²) >= 11 is 6.05. The van der Waals surface area contributed by atoms with Crippen molar-refractivity contribution in [1.82, 2.24) is 15.4 Å². The van der Waals surface area contributed by atoms with Crippen LogP contribution in [0.5, 0.6) is 5.88 Å². The molecular formula is C12H8ClN3O2. The van der Waals surface area contributed by atoms with Gasteiger partial charge in [0, 0.05) is 5.56 Å². The Balaban J connectivity index is 2.33. The van der Waals surface area contributed by atoms with E-state index in [1.54, 1.807) is 0 Å². The van der Waals surface area contributed by atoms with Crippen molar-refractivity contribution < 1.29 is 9.26 Å². The van der Waals surface area contributed by atoms with Crippen molar-refractivity contribution >= 4 is 22.6 Å². The molecule has 0 aliphatic rings. The van der Waals surface area contributed by atoms with Gasteiger partial charge >= 0.3 is 0 Å². The lowest BCUT2D eigenvalue weighted by atomic mass is 10.1. The number of halogens is 1. The summed E-state index contributed by atoms with van der Waals surface area (Å²) in [6.45, 7) is 0. The predicted octanol–water partition coefficient (Wildman–Crippen LogP) is 2.95. The van der Waals surface area contributed by atoms with E-state index >= 15 is 0 Å². The lowest BCUT2D eigenvalue weighted by molar-refractivity contribution is 0.375. The van der Waals surface area contributed by atoms with Crippen LogP contribution in [-0.2, 0) is 0 Å². The van der Waals surface area contributed by atoms with Crippen LogP contribution < -0.4 is 4.74 Å². The van der Waals surface area contributed by atoms with E-state index in [1.807, 2.05) is 30.3 Å². The summed E-state index contributed by atoms with van der Waals surface area (Å²) in [6.07, 6.45) is 0. The van der Waals surface area contributed by atoms with Crippen molar-refractivity contribution in [1.29, 1.82) is 0 Å². The Bertz CT molecular complexity index is 697. The molecule has 2 heterocycles. The molecule has 0 spiro atoms. The van der Waals surface area contributed by atoms with Gasteiger partial charge in [-0.2, -0.15) is 0 Å². The zero-order valence-corrected chi connectivity index (χ0v) is 10.2. The fourth-order valence-electron chi connectivity index (χ4n) is 1.74. The number of rotatable bonds is 2. The van der Waals surface area contributed by atoms with Gasteiger partial charge < -0.3 is 9.26 Å². The van der Waals surface area contributed by atoms with Crippen LogP contribution in [0, 0.1) is 0 Å². The predicted molar refractivity (Wildman–Crippen MR) is 66.6 cm³/mol. The number of aromatic nitrogens is 3. The van der Waals surface area contributed by atoms with Crippen LogP contribution in [0.15, 0.2) is 34.9 Å². The lowest BCUT2D eigenvalue weighted by Crippen LogP contribution is -1.91. The first-order valence-electron chi connectivity index (χ1n) is 5.22. The minimum absolute atomic E-state index is 0.242. The molecule has 0 unspecified atom stereocenters. The molecule has 0 fully saturated rings. The number of hydrogen-bond acceptors (Lipinski definition) is 5. The van der Waals surface area contributed by atoms with Crippen molar-refractivity contribution in [2.24, 2.45) is 0 Å². The summed E-state index contributed by atoms with van der Waals surface area (Å²) < 4.78 is 10.3. The van der Waals surface area contributed by atoms with Crippen molar-refractivity contribution in [3.63, 3.8) is 0 Å². The molecule has 3 rings (SSSR count). The van der Waals surface area contributed by atoms with Crippen LogP contribution >= 0.6 is 11.6 Å². The maximum absolute atomic E-state index is 6.05. The number of methoxy groups -OCH3 is 1. The van der Waals surface area contributed by atoms with E-state index in [1.165, 1.54) is 7.11 Å². The van der Waals surface area contributed by atoms with Gasteiger partial charge in [-0.05, 0) is 0 Å². The molecule has 0 aliphatic carbocycles. The first-order valence-corrected chi connectivity index (χ1v) is 5.60. The van der Waals surface area contributed by atoms with Crippen LogP contribution in [0.2, 0.25) is 5.15 Å². The van der Waals surface area contributed by atoms with E-state index in [4.69, 9.17) is 20.9 Å². The summed E-state index contributed by atoms with van der Waals surface area (Å²) in [6, 6.07) is 9.58. The van der Waals surface area contributed by atoms with Crippen LogP contribution in [0.3, 0.4) is 0 Å². The molecule has 1 aromatic carbocycles. The Labute approximate surface area is 107 Å². The molecule has 90 valence electrons. The van der Waals surface area contributed by atoms with E-state index in [2.05, 4.69) is 15.4 Å². The second-order valence-electron chi connectivity index (χ2n) is 3.60. The Kier molecular flexibility index (Phi) is 2.60. The Morgan fingerprint density at radius 2 is 1.94 bits per heavy atom. The van der Waals surface area contributed by atoms with Crippen molar-refractivity contribution in [2.45, 2.75) is 0 Å². The third-order valence-electron chi connectivity index (χ3n) is 2.56. The molecular weight excluding hydrogens is 254 g/mol. The minimum Gasteiger partial charge on any atom is -0.477 e. The molecule has 0 saturated heterocycles. The SMILES string of the molecule is COc1nnc(Cl)c2c(-c3ccccc3)noc12. The van der Waals surface area contributed by atoms with Gasteiger partial charge in [0.25, 0.3) is 5.88 Å². The second-order valence-corrected chi connectivity index (χ2v) is 3.96. The van der Waals surface area contributed by atoms with Gasteiger partial charge in [-0.3, -0.25) is 0 Å². The standard InChI is InChI=1S/C12H8ClN3O2/c1-17-12-10-8(11(13)14-15-12)9(16-18-10)7-5-3-2-4-6-7/h2-6H,1H3. The molecule has 2 aromatic heterocycles. The minimum atomic E-state index is 0.242. The van der Waals surface area contributed by atoms with E-state index in [0.29, 0.717) is 16.7 Å². The largest absolute Gasteiger partial charge is 0.477 e. The number of nitrogens with zero attached hydrogens (tertiary/aromatic N) is 3. The maximum Gasteiger partial charge on any atom is 0.280 e. The van der Waals surface area contributed by atoms with Gasteiger partial charge in [0.2, 0.25) is 5.58 Å². The molecule has 5 nitrogen and oxygen atoms in total. The number of benzene rings is 1. The van der Waals surface area contributed by atoms with Gasteiger partial charge in [0.05, 0.1) is 12.5 Å². The number of fused-ring (bicyclic) bond motifs is 1. The van der Waals surface area contributed by atoms with Crippen molar-refractivity contribution in [3.8, 4) is 17.1 Å². The molecule has 0 aliphatic heterocycles. The van der Waals surface area contributed by atoms with Gasteiger partial charge in [-0.25, -0.2) is 0 Å². The highest BCUT2D eigenvalue weighted by Gasteiger charge is 2.19. The molecule has 3 aromatic rings. The lowest BCUT2D eigenvalue weighted by Gasteiger charge is -1.99. The van der Waals surface area contributed by atoms with Crippen molar-refractivity contribution in [2.75, 3.05) is 7.11 Å². The van der Waals surface area contributed by atoms with E-state index < -0.39 is 0 Å². The molecule has 0 amide bonds.